The number of amides is 1. The summed E-state index contributed by atoms with van der Waals surface area (Å²) < 4.78 is 0.940. The topological polar surface area (TPSA) is 61.7 Å². The normalized spacial score (nSPS) is 10.4. The van der Waals surface area contributed by atoms with E-state index in [9.17, 15) is 4.79 Å². The monoisotopic (exact) mass is 256 g/mol. The van der Waals surface area contributed by atoms with Crippen LogP contribution in [0.3, 0.4) is 0 Å². The first-order chi connectivity index (χ1) is 6.72. The highest BCUT2D eigenvalue weighted by Crippen LogP contribution is 2.09. The molecule has 1 aromatic carbocycles. The molecule has 0 atom stereocenters. The fraction of sp³-hybridized carbons (Fsp3) is 0.111. The molecule has 2 N–H and O–H groups in total. The lowest BCUT2D eigenvalue weighted by Gasteiger charge is -1.95. The predicted molar refractivity (Wildman–Crippen MR) is 57.0 cm³/mol. The lowest BCUT2D eigenvalue weighted by atomic mass is 10.2. The lowest BCUT2D eigenvalue weighted by molar-refractivity contribution is -0.123. The van der Waals surface area contributed by atoms with E-state index < -0.39 is 12.5 Å². The molecular formula is C9H9BrN2O2. The molecule has 1 aromatic rings. The molecule has 0 aliphatic heterocycles. The molecule has 0 radical (unpaired) electrons. The number of hydrazone groups is 1. The van der Waals surface area contributed by atoms with Gasteiger partial charge < -0.3 is 5.11 Å². The van der Waals surface area contributed by atoms with Crippen molar-refractivity contribution >= 4 is 28.1 Å². The molecule has 74 valence electrons. The fourth-order valence-electron chi connectivity index (χ4n) is 0.801. The highest BCUT2D eigenvalue weighted by Gasteiger charge is 1.93. The van der Waals surface area contributed by atoms with Gasteiger partial charge in [-0.3, -0.25) is 4.79 Å². The number of aliphatic hydroxyl groups is 1. The third kappa shape index (κ3) is 3.68. The Morgan fingerprint density at radius 2 is 2.43 bits per heavy atom. The molecule has 0 unspecified atom stereocenters. The minimum Gasteiger partial charge on any atom is -0.386 e. The fourth-order valence-corrected chi connectivity index (χ4v) is 1.22. The number of aliphatic hydroxyl groups excluding tert-OH is 1. The van der Waals surface area contributed by atoms with Crippen LogP contribution in [0.15, 0.2) is 33.8 Å². The first-order valence-corrected chi connectivity index (χ1v) is 4.70. The van der Waals surface area contributed by atoms with Crippen LogP contribution in [0, 0.1) is 0 Å². The van der Waals surface area contributed by atoms with Gasteiger partial charge in [0.05, 0.1) is 6.21 Å². The second-order valence-electron chi connectivity index (χ2n) is 2.51. The largest absolute Gasteiger partial charge is 0.386 e. The van der Waals surface area contributed by atoms with Crippen LogP contribution in [0.5, 0.6) is 0 Å². The zero-order valence-electron chi connectivity index (χ0n) is 7.27. The Bertz CT molecular complexity index is 352. The van der Waals surface area contributed by atoms with Gasteiger partial charge in [0.15, 0.2) is 0 Å². The van der Waals surface area contributed by atoms with Crippen LogP contribution in [0.2, 0.25) is 0 Å². The van der Waals surface area contributed by atoms with Gasteiger partial charge in [-0.2, -0.15) is 5.10 Å². The van der Waals surface area contributed by atoms with Gasteiger partial charge in [0.25, 0.3) is 5.91 Å². The van der Waals surface area contributed by atoms with E-state index in [2.05, 4.69) is 26.5 Å². The molecule has 0 fully saturated rings. The molecule has 0 saturated carbocycles. The van der Waals surface area contributed by atoms with Gasteiger partial charge in [0.2, 0.25) is 0 Å². The van der Waals surface area contributed by atoms with Gasteiger partial charge in [0, 0.05) is 4.47 Å². The maximum Gasteiger partial charge on any atom is 0.265 e. The van der Waals surface area contributed by atoms with Crippen molar-refractivity contribution in [1.29, 1.82) is 0 Å². The third-order valence-electron chi connectivity index (χ3n) is 1.40. The van der Waals surface area contributed by atoms with E-state index in [1.165, 1.54) is 6.21 Å². The number of hydrogen-bond donors (Lipinski definition) is 2. The number of benzene rings is 1. The van der Waals surface area contributed by atoms with Crippen molar-refractivity contribution in [3.63, 3.8) is 0 Å². The zero-order valence-corrected chi connectivity index (χ0v) is 8.86. The van der Waals surface area contributed by atoms with Crippen LogP contribution in [0.4, 0.5) is 0 Å². The molecule has 0 saturated heterocycles. The van der Waals surface area contributed by atoms with E-state index in [1.54, 1.807) is 0 Å². The number of hydrogen-bond acceptors (Lipinski definition) is 3. The van der Waals surface area contributed by atoms with Crippen molar-refractivity contribution in [1.82, 2.24) is 5.43 Å². The first-order valence-electron chi connectivity index (χ1n) is 3.90. The van der Waals surface area contributed by atoms with Crippen LogP contribution in [0.1, 0.15) is 5.56 Å². The van der Waals surface area contributed by atoms with Gasteiger partial charge in [-0.15, -0.1) is 0 Å². The Morgan fingerprint density at radius 3 is 3.07 bits per heavy atom. The summed E-state index contributed by atoms with van der Waals surface area (Å²) in [6, 6.07) is 7.46. The summed E-state index contributed by atoms with van der Waals surface area (Å²) in [5.41, 5.74) is 3.02. The second kappa shape index (κ2) is 5.51. The summed E-state index contributed by atoms with van der Waals surface area (Å²) in [5.74, 6) is -0.531. The maximum atomic E-state index is 10.6. The van der Waals surface area contributed by atoms with E-state index >= 15 is 0 Å². The molecule has 0 spiro atoms. The quantitative estimate of drug-likeness (QED) is 0.624. The molecule has 0 aliphatic carbocycles. The summed E-state index contributed by atoms with van der Waals surface area (Å²) in [4.78, 5) is 10.6. The Balaban J connectivity index is 2.56. The smallest absolute Gasteiger partial charge is 0.265 e. The SMILES string of the molecule is O=C(CO)N/N=C/c1cccc(Br)c1. The summed E-state index contributed by atoms with van der Waals surface area (Å²) in [5, 5.41) is 12.0. The van der Waals surface area contributed by atoms with Gasteiger partial charge in [-0.05, 0) is 17.7 Å². The van der Waals surface area contributed by atoms with Crippen molar-refractivity contribution in [2.75, 3.05) is 6.61 Å². The Kier molecular flexibility index (Phi) is 4.28. The average Bonchev–Trinajstić information content (AvgIpc) is 2.17. The van der Waals surface area contributed by atoms with Crippen LogP contribution in [0.25, 0.3) is 0 Å². The molecule has 1 amide bonds. The number of carbonyl (C=O) groups excluding carboxylic acids is 1. The highest BCUT2D eigenvalue weighted by molar-refractivity contribution is 9.10. The molecule has 0 heterocycles. The molecule has 5 heteroatoms. The number of carbonyl (C=O) groups is 1. The van der Waals surface area contributed by atoms with E-state index in [4.69, 9.17) is 5.11 Å². The lowest BCUT2D eigenvalue weighted by Crippen LogP contribution is -2.20. The van der Waals surface area contributed by atoms with Gasteiger partial charge >= 0.3 is 0 Å². The van der Waals surface area contributed by atoms with Crippen molar-refractivity contribution in [3.05, 3.63) is 34.3 Å². The van der Waals surface area contributed by atoms with Crippen LogP contribution in [-0.2, 0) is 4.79 Å². The molecule has 1 rings (SSSR count). The van der Waals surface area contributed by atoms with Crippen LogP contribution < -0.4 is 5.43 Å². The number of rotatable bonds is 3. The zero-order chi connectivity index (χ0) is 10.4. The molecule has 0 aromatic heterocycles. The average molecular weight is 257 g/mol. The third-order valence-corrected chi connectivity index (χ3v) is 1.89. The summed E-state index contributed by atoms with van der Waals surface area (Å²) in [6.45, 7) is -0.560. The summed E-state index contributed by atoms with van der Waals surface area (Å²) in [6.07, 6.45) is 1.50. The minimum absolute atomic E-state index is 0.531. The van der Waals surface area contributed by atoms with Crippen molar-refractivity contribution in [2.45, 2.75) is 0 Å². The highest BCUT2D eigenvalue weighted by atomic mass is 79.9. The van der Waals surface area contributed by atoms with Gasteiger partial charge in [-0.25, -0.2) is 5.43 Å². The van der Waals surface area contributed by atoms with Crippen LogP contribution in [-0.4, -0.2) is 23.8 Å². The van der Waals surface area contributed by atoms with E-state index in [0.717, 1.165) is 10.0 Å². The Labute approximate surface area is 89.8 Å². The minimum atomic E-state index is -0.560. The summed E-state index contributed by atoms with van der Waals surface area (Å²) in [7, 11) is 0. The second-order valence-corrected chi connectivity index (χ2v) is 3.42. The van der Waals surface area contributed by atoms with E-state index in [0.29, 0.717) is 0 Å². The van der Waals surface area contributed by atoms with Crippen molar-refractivity contribution in [3.8, 4) is 0 Å². The molecule has 0 bridgehead atoms. The van der Waals surface area contributed by atoms with Crippen molar-refractivity contribution < 1.29 is 9.90 Å². The van der Waals surface area contributed by atoms with Gasteiger partial charge in [-0.1, -0.05) is 28.1 Å². The standard InChI is InChI=1S/C9H9BrN2O2/c10-8-3-1-2-7(4-8)5-11-12-9(14)6-13/h1-5,13H,6H2,(H,12,14)/b11-5+. The molecule has 4 nitrogen and oxygen atoms in total. The predicted octanol–water partition coefficient (Wildman–Crippen LogP) is 0.891. The van der Waals surface area contributed by atoms with E-state index in [1.807, 2.05) is 24.3 Å². The number of nitrogens with zero attached hydrogens (tertiary/aromatic N) is 1. The Morgan fingerprint density at radius 1 is 1.64 bits per heavy atom. The maximum absolute atomic E-state index is 10.6. The number of halogens is 1. The number of nitrogens with one attached hydrogen (secondary N) is 1. The molecule has 14 heavy (non-hydrogen) atoms. The van der Waals surface area contributed by atoms with E-state index in [-0.39, 0.29) is 0 Å². The van der Waals surface area contributed by atoms with Gasteiger partial charge in [0.1, 0.15) is 6.61 Å². The molecule has 0 aliphatic rings. The van der Waals surface area contributed by atoms with Crippen LogP contribution >= 0.6 is 15.9 Å². The molecular weight excluding hydrogens is 248 g/mol. The first kappa shape index (κ1) is 10.9. The van der Waals surface area contributed by atoms with Crippen molar-refractivity contribution in [2.24, 2.45) is 5.10 Å². The Hall–Kier alpha value is -1.20. The summed E-state index contributed by atoms with van der Waals surface area (Å²) >= 11 is 3.31.